The van der Waals surface area contributed by atoms with E-state index in [1.165, 1.54) is 23.7 Å². The number of benzene rings is 3. The van der Waals surface area contributed by atoms with Crippen molar-refractivity contribution in [1.82, 2.24) is 5.32 Å². The molecular formula is C24H12FNO3S. The lowest BCUT2D eigenvalue weighted by Crippen LogP contribution is -2.22. The van der Waals surface area contributed by atoms with Gasteiger partial charge in [-0.3, -0.25) is 14.9 Å². The first-order chi connectivity index (χ1) is 14.6. The number of hydrogen-bond donors (Lipinski definition) is 1. The number of rotatable bonds is 2. The smallest absolute Gasteiger partial charge is 0.259 e. The highest BCUT2D eigenvalue weighted by atomic mass is 32.1. The van der Waals surface area contributed by atoms with Crippen LogP contribution in [0.25, 0.3) is 43.0 Å². The van der Waals surface area contributed by atoms with Gasteiger partial charge in [0.15, 0.2) is 0 Å². The van der Waals surface area contributed by atoms with E-state index < -0.39 is 11.8 Å². The lowest BCUT2D eigenvalue weighted by Gasteiger charge is -2.03. The van der Waals surface area contributed by atoms with Gasteiger partial charge in [-0.1, -0.05) is 42.5 Å². The molecule has 0 aliphatic carbocycles. The lowest BCUT2D eigenvalue weighted by atomic mass is 9.95. The zero-order valence-corrected chi connectivity index (χ0v) is 16.2. The van der Waals surface area contributed by atoms with E-state index in [2.05, 4.69) is 5.32 Å². The van der Waals surface area contributed by atoms with E-state index in [0.29, 0.717) is 26.8 Å². The molecule has 1 N–H and O–H groups in total. The van der Waals surface area contributed by atoms with Gasteiger partial charge in [-0.15, -0.1) is 11.3 Å². The van der Waals surface area contributed by atoms with Crippen molar-refractivity contribution in [3.05, 3.63) is 83.2 Å². The lowest BCUT2D eigenvalue weighted by molar-refractivity contribution is -0.122. The summed E-state index contributed by atoms with van der Waals surface area (Å²) >= 11 is 1.21. The zero-order chi connectivity index (χ0) is 20.4. The molecule has 30 heavy (non-hydrogen) atoms. The maximum atomic E-state index is 14.2. The SMILES string of the molecule is O=C1NC(=O)C(c2coc3c2ccc2ccccc23)=C1c1csc2c(F)cccc12. The molecule has 6 rings (SSSR count). The zero-order valence-electron chi connectivity index (χ0n) is 15.4. The Hall–Kier alpha value is -3.77. The number of hydrogen-bond acceptors (Lipinski definition) is 4. The second kappa shape index (κ2) is 6.11. The van der Waals surface area contributed by atoms with E-state index in [1.54, 1.807) is 17.5 Å². The average Bonchev–Trinajstić information content (AvgIpc) is 3.43. The molecule has 0 unspecified atom stereocenters. The van der Waals surface area contributed by atoms with Crippen LogP contribution >= 0.6 is 11.3 Å². The summed E-state index contributed by atoms with van der Waals surface area (Å²) in [6.45, 7) is 0. The Bertz CT molecular complexity index is 1570. The first-order valence-corrected chi connectivity index (χ1v) is 10.2. The number of halogens is 1. The number of amides is 2. The second-order valence-corrected chi connectivity index (χ2v) is 7.99. The van der Waals surface area contributed by atoms with Gasteiger partial charge in [0.05, 0.1) is 22.1 Å². The Balaban J connectivity index is 1.68. The maximum Gasteiger partial charge on any atom is 0.259 e. The molecule has 2 aromatic heterocycles. The van der Waals surface area contributed by atoms with Crippen LogP contribution in [0.5, 0.6) is 0 Å². The summed E-state index contributed by atoms with van der Waals surface area (Å²) in [5, 5.41) is 7.41. The van der Waals surface area contributed by atoms with E-state index in [-0.39, 0.29) is 17.0 Å². The molecule has 1 aliphatic heterocycles. The topological polar surface area (TPSA) is 59.3 Å². The number of furan rings is 1. The molecular weight excluding hydrogens is 401 g/mol. The fourth-order valence-corrected chi connectivity index (χ4v) is 5.11. The molecule has 3 aromatic carbocycles. The standard InChI is InChI=1S/C24H12FNO3S/c25-18-7-3-6-15-17(11-30-22(15)18)20-19(23(27)26-24(20)28)16-10-29-21-13-5-2-1-4-12(13)8-9-14(16)21/h1-11H,(H,26,27,28). The van der Waals surface area contributed by atoms with Crippen LogP contribution in [-0.4, -0.2) is 11.8 Å². The molecule has 144 valence electrons. The van der Waals surface area contributed by atoms with E-state index >= 15 is 0 Å². The van der Waals surface area contributed by atoms with Crippen LogP contribution in [0.2, 0.25) is 0 Å². The van der Waals surface area contributed by atoms with Crippen LogP contribution < -0.4 is 5.32 Å². The molecule has 0 saturated heterocycles. The highest BCUT2D eigenvalue weighted by Crippen LogP contribution is 2.41. The second-order valence-electron chi connectivity index (χ2n) is 7.11. The first kappa shape index (κ1) is 17.1. The Kier molecular flexibility index (Phi) is 3.49. The van der Waals surface area contributed by atoms with Crippen LogP contribution in [-0.2, 0) is 9.59 Å². The van der Waals surface area contributed by atoms with Gasteiger partial charge in [0.1, 0.15) is 11.4 Å². The minimum absolute atomic E-state index is 0.243. The average molecular weight is 413 g/mol. The molecule has 1 aliphatic rings. The monoisotopic (exact) mass is 413 g/mol. The third-order valence-electron chi connectivity index (χ3n) is 5.49. The van der Waals surface area contributed by atoms with Crippen molar-refractivity contribution < 1.29 is 18.4 Å². The van der Waals surface area contributed by atoms with E-state index in [0.717, 1.165) is 16.2 Å². The molecule has 4 nitrogen and oxygen atoms in total. The summed E-state index contributed by atoms with van der Waals surface area (Å²) in [7, 11) is 0. The minimum atomic E-state index is -0.492. The van der Waals surface area contributed by atoms with Crippen molar-refractivity contribution in [3.8, 4) is 0 Å². The van der Waals surface area contributed by atoms with Crippen molar-refractivity contribution in [2.45, 2.75) is 0 Å². The number of carbonyl (C=O) groups excluding carboxylic acids is 2. The summed E-state index contributed by atoms with van der Waals surface area (Å²) in [5.74, 6) is -1.33. The number of nitrogens with one attached hydrogen (secondary N) is 1. The van der Waals surface area contributed by atoms with Gasteiger partial charge in [-0.05, 0) is 17.5 Å². The van der Waals surface area contributed by atoms with Gasteiger partial charge < -0.3 is 4.42 Å². The van der Waals surface area contributed by atoms with Crippen LogP contribution in [0.3, 0.4) is 0 Å². The summed E-state index contributed by atoms with van der Waals surface area (Å²) in [4.78, 5) is 25.6. The molecule has 3 heterocycles. The number of thiophene rings is 1. The van der Waals surface area contributed by atoms with Gasteiger partial charge in [0, 0.05) is 32.7 Å². The first-order valence-electron chi connectivity index (χ1n) is 9.29. The predicted octanol–water partition coefficient (Wildman–Crippen LogP) is 5.51. The van der Waals surface area contributed by atoms with Gasteiger partial charge in [0.2, 0.25) is 0 Å². The van der Waals surface area contributed by atoms with E-state index in [9.17, 15) is 14.0 Å². The van der Waals surface area contributed by atoms with Crippen molar-refractivity contribution in [2.75, 3.05) is 0 Å². The van der Waals surface area contributed by atoms with E-state index in [1.807, 2.05) is 36.4 Å². The summed E-state index contributed by atoms with van der Waals surface area (Å²) in [5.41, 5.74) is 2.24. The van der Waals surface area contributed by atoms with Gasteiger partial charge >= 0.3 is 0 Å². The molecule has 0 atom stereocenters. The number of imide groups is 1. The fourth-order valence-electron chi connectivity index (χ4n) is 4.14. The van der Waals surface area contributed by atoms with Gasteiger partial charge in [-0.25, -0.2) is 4.39 Å². The molecule has 0 saturated carbocycles. The molecule has 0 spiro atoms. The Morgan fingerprint density at radius 2 is 1.57 bits per heavy atom. The third-order valence-corrected chi connectivity index (χ3v) is 6.49. The van der Waals surface area contributed by atoms with Gasteiger partial charge in [0.25, 0.3) is 11.8 Å². The minimum Gasteiger partial charge on any atom is -0.463 e. The van der Waals surface area contributed by atoms with Crippen molar-refractivity contribution >= 4 is 66.1 Å². The molecule has 6 heteroatoms. The largest absolute Gasteiger partial charge is 0.463 e. The molecule has 5 aromatic rings. The van der Waals surface area contributed by atoms with Crippen molar-refractivity contribution in [2.24, 2.45) is 0 Å². The number of carbonyl (C=O) groups is 2. The van der Waals surface area contributed by atoms with Crippen LogP contribution in [0.1, 0.15) is 11.1 Å². The van der Waals surface area contributed by atoms with Crippen LogP contribution in [0.4, 0.5) is 4.39 Å². The Labute approximate surface area is 173 Å². The normalized spacial score (nSPS) is 14.4. The molecule has 0 bridgehead atoms. The van der Waals surface area contributed by atoms with Crippen molar-refractivity contribution in [3.63, 3.8) is 0 Å². The maximum absolute atomic E-state index is 14.2. The molecule has 0 fully saturated rings. The molecule has 2 amide bonds. The Morgan fingerprint density at radius 1 is 0.800 bits per heavy atom. The van der Waals surface area contributed by atoms with Crippen LogP contribution in [0, 0.1) is 5.82 Å². The van der Waals surface area contributed by atoms with Crippen molar-refractivity contribution in [1.29, 1.82) is 0 Å². The third kappa shape index (κ3) is 2.25. The van der Waals surface area contributed by atoms with E-state index in [4.69, 9.17) is 4.42 Å². The number of fused-ring (bicyclic) bond motifs is 4. The Morgan fingerprint density at radius 3 is 2.43 bits per heavy atom. The highest BCUT2D eigenvalue weighted by molar-refractivity contribution is 7.17. The van der Waals surface area contributed by atoms with Crippen LogP contribution in [0.15, 0.2) is 70.7 Å². The quantitative estimate of drug-likeness (QED) is 0.389. The predicted molar refractivity (Wildman–Crippen MR) is 115 cm³/mol. The fraction of sp³-hybridized carbons (Fsp3) is 0. The van der Waals surface area contributed by atoms with Gasteiger partial charge in [-0.2, -0.15) is 0 Å². The summed E-state index contributed by atoms with van der Waals surface area (Å²) in [6, 6.07) is 16.4. The summed E-state index contributed by atoms with van der Waals surface area (Å²) < 4.78 is 20.5. The highest BCUT2D eigenvalue weighted by Gasteiger charge is 2.35. The molecule has 0 radical (unpaired) electrons. The summed E-state index contributed by atoms with van der Waals surface area (Å²) in [6.07, 6.45) is 1.51.